The van der Waals surface area contributed by atoms with Crippen LogP contribution in [0.5, 0.6) is 0 Å². The van der Waals surface area contributed by atoms with Crippen LogP contribution in [-0.4, -0.2) is 52.4 Å². The van der Waals surface area contributed by atoms with Gasteiger partial charge in [0.05, 0.1) is 5.88 Å². The monoisotopic (exact) mass is 298 g/mol. The molecule has 4 nitrogen and oxygen atoms in total. The van der Waals surface area contributed by atoms with E-state index in [0.717, 1.165) is 25.3 Å². The van der Waals surface area contributed by atoms with Crippen LogP contribution in [-0.2, 0) is 9.59 Å². The maximum absolute atomic E-state index is 12.7. The third-order valence-electron chi connectivity index (χ3n) is 4.04. The average Bonchev–Trinajstić information content (AvgIpc) is 2.84. The summed E-state index contributed by atoms with van der Waals surface area (Å²) in [5.41, 5.74) is -0.418. The summed E-state index contributed by atoms with van der Waals surface area (Å²) in [6.07, 6.45) is 2.29. The first-order chi connectivity index (χ1) is 9.30. The number of piperidine rings is 1. The van der Waals surface area contributed by atoms with E-state index in [0.29, 0.717) is 11.8 Å². The van der Waals surface area contributed by atoms with Crippen LogP contribution in [0.1, 0.15) is 40.5 Å². The van der Waals surface area contributed by atoms with E-state index < -0.39 is 5.41 Å². The summed E-state index contributed by atoms with van der Waals surface area (Å²) in [7, 11) is 0. The maximum atomic E-state index is 12.7. The zero-order chi connectivity index (χ0) is 14.9. The molecule has 0 spiro atoms. The molecule has 2 saturated heterocycles. The molecular formula is C15H26N2O2S. The Morgan fingerprint density at radius 3 is 2.55 bits per heavy atom. The minimum absolute atomic E-state index is 0.0888. The topological polar surface area (TPSA) is 40.6 Å². The van der Waals surface area contributed by atoms with Gasteiger partial charge in [-0.1, -0.05) is 27.7 Å². The van der Waals surface area contributed by atoms with Gasteiger partial charge >= 0.3 is 0 Å². The Hall–Kier alpha value is -0.710. The number of thioether (sulfide) groups is 1. The van der Waals surface area contributed by atoms with E-state index in [-0.39, 0.29) is 17.9 Å². The summed E-state index contributed by atoms with van der Waals surface area (Å²) in [6, 6.07) is -0.253. The highest BCUT2D eigenvalue weighted by molar-refractivity contribution is 7.99. The van der Waals surface area contributed by atoms with E-state index in [1.165, 1.54) is 6.42 Å². The van der Waals surface area contributed by atoms with Gasteiger partial charge < -0.3 is 9.80 Å². The van der Waals surface area contributed by atoms with E-state index in [4.69, 9.17) is 0 Å². The predicted molar refractivity (Wildman–Crippen MR) is 82.4 cm³/mol. The van der Waals surface area contributed by atoms with Gasteiger partial charge in [0.1, 0.15) is 6.04 Å². The summed E-state index contributed by atoms with van der Waals surface area (Å²) >= 11 is 1.69. The fraction of sp³-hybridized carbons (Fsp3) is 0.867. The molecule has 2 fully saturated rings. The van der Waals surface area contributed by atoms with E-state index >= 15 is 0 Å². The van der Waals surface area contributed by atoms with Crippen LogP contribution in [0.25, 0.3) is 0 Å². The van der Waals surface area contributed by atoms with E-state index in [2.05, 4.69) is 6.92 Å². The van der Waals surface area contributed by atoms with Gasteiger partial charge in [0.15, 0.2) is 0 Å². The summed E-state index contributed by atoms with van der Waals surface area (Å²) in [6.45, 7) is 9.65. The molecule has 0 aromatic carbocycles. The number of likely N-dealkylation sites (tertiary alicyclic amines) is 1. The molecule has 0 N–H and O–H groups in total. The highest BCUT2D eigenvalue weighted by Gasteiger charge is 2.41. The van der Waals surface area contributed by atoms with Crippen molar-refractivity contribution in [3.05, 3.63) is 0 Å². The SMILES string of the molecule is CC1CCCN(C(=O)C2CSCN2C(=O)C(C)(C)C)C1. The third kappa shape index (κ3) is 3.30. The first-order valence-corrected chi connectivity index (χ1v) is 8.64. The summed E-state index contributed by atoms with van der Waals surface area (Å²) < 4.78 is 0. The Morgan fingerprint density at radius 1 is 1.25 bits per heavy atom. The summed E-state index contributed by atoms with van der Waals surface area (Å²) in [5, 5.41) is 0. The molecule has 2 atom stereocenters. The zero-order valence-corrected chi connectivity index (χ0v) is 13.8. The van der Waals surface area contributed by atoms with Crippen LogP contribution in [0.15, 0.2) is 0 Å². The molecule has 0 aromatic rings. The molecule has 0 aliphatic carbocycles. The van der Waals surface area contributed by atoms with Gasteiger partial charge in [0, 0.05) is 24.3 Å². The molecule has 2 heterocycles. The minimum Gasteiger partial charge on any atom is -0.341 e. The number of carbonyl (C=O) groups is 2. The fourth-order valence-electron chi connectivity index (χ4n) is 2.88. The van der Waals surface area contributed by atoms with Crippen molar-refractivity contribution in [3.63, 3.8) is 0 Å². The van der Waals surface area contributed by atoms with Crippen molar-refractivity contribution < 1.29 is 9.59 Å². The summed E-state index contributed by atoms with van der Waals surface area (Å²) in [4.78, 5) is 28.9. The fourth-order valence-corrected chi connectivity index (χ4v) is 4.02. The number of amides is 2. The number of nitrogens with zero attached hydrogens (tertiary/aromatic N) is 2. The zero-order valence-electron chi connectivity index (χ0n) is 13.0. The number of hydrogen-bond acceptors (Lipinski definition) is 3. The van der Waals surface area contributed by atoms with E-state index in [1.54, 1.807) is 16.7 Å². The molecule has 114 valence electrons. The lowest BCUT2D eigenvalue weighted by molar-refractivity contribution is -0.148. The normalized spacial score (nSPS) is 27.8. The van der Waals surface area contributed by atoms with Gasteiger partial charge in [-0.15, -0.1) is 11.8 Å². The summed E-state index contributed by atoms with van der Waals surface area (Å²) in [5.74, 6) is 2.21. The first kappa shape index (κ1) is 15.7. The van der Waals surface area contributed by atoms with Crippen LogP contribution in [0.3, 0.4) is 0 Å². The van der Waals surface area contributed by atoms with Gasteiger partial charge in [-0.2, -0.15) is 0 Å². The first-order valence-electron chi connectivity index (χ1n) is 7.48. The van der Waals surface area contributed by atoms with Gasteiger partial charge in [0.2, 0.25) is 11.8 Å². The Kier molecular flexibility index (Phi) is 4.67. The van der Waals surface area contributed by atoms with Crippen molar-refractivity contribution in [2.24, 2.45) is 11.3 Å². The second kappa shape index (κ2) is 5.96. The number of hydrogen-bond donors (Lipinski definition) is 0. The lowest BCUT2D eigenvalue weighted by Crippen LogP contribution is -2.53. The molecule has 2 aliphatic heterocycles. The van der Waals surface area contributed by atoms with Gasteiger partial charge in [-0.25, -0.2) is 0 Å². The average molecular weight is 298 g/mol. The largest absolute Gasteiger partial charge is 0.341 e. The quantitative estimate of drug-likeness (QED) is 0.745. The second-order valence-electron chi connectivity index (χ2n) is 7.07. The van der Waals surface area contributed by atoms with Crippen LogP contribution in [0.2, 0.25) is 0 Å². The molecule has 2 amide bonds. The van der Waals surface area contributed by atoms with Gasteiger partial charge in [0.25, 0.3) is 0 Å². The van der Waals surface area contributed by atoms with Crippen molar-refractivity contribution in [1.29, 1.82) is 0 Å². The predicted octanol–water partition coefficient (Wildman–Crippen LogP) is 2.19. The van der Waals surface area contributed by atoms with Crippen LogP contribution < -0.4 is 0 Å². The Bertz CT molecular complexity index is 392. The van der Waals surface area contributed by atoms with Crippen molar-refractivity contribution in [2.45, 2.75) is 46.6 Å². The number of carbonyl (C=O) groups excluding carboxylic acids is 2. The van der Waals surface area contributed by atoms with Crippen molar-refractivity contribution in [2.75, 3.05) is 24.7 Å². The molecule has 0 bridgehead atoms. The van der Waals surface area contributed by atoms with Crippen LogP contribution in [0, 0.1) is 11.3 Å². The van der Waals surface area contributed by atoms with Crippen molar-refractivity contribution >= 4 is 23.6 Å². The Balaban J connectivity index is 2.06. The van der Waals surface area contributed by atoms with Crippen LogP contribution in [0.4, 0.5) is 0 Å². The van der Waals surface area contributed by atoms with Gasteiger partial charge in [-0.05, 0) is 18.8 Å². The molecule has 0 aromatic heterocycles. The maximum Gasteiger partial charge on any atom is 0.246 e. The lowest BCUT2D eigenvalue weighted by Gasteiger charge is -2.36. The third-order valence-corrected chi connectivity index (χ3v) is 5.05. The van der Waals surface area contributed by atoms with E-state index in [9.17, 15) is 9.59 Å². The standard InChI is InChI=1S/C15H26N2O2S/c1-11-6-5-7-16(8-11)13(18)12-9-20-10-17(12)14(19)15(2,3)4/h11-12H,5-10H2,1-4H3. The molecule has 20 heavy (non-hydrogen) atoms. The second-order valence-corrected chi connectivity index (χ2v) is 8.07. The Morgan fingerprint density at radius 2 is 1.95 bits per heavy atom. The van der Waals surface area contributed by atoms with Gasteiger partial charge in [-0.3, -0.25) is 9.59 Å². The molecule has 2 aliphatic rings. The molecule has 2 unspecified atom stereocenters. The molecule has 5 heteroatoms. The number of rotatable bonds is 1. The van der Waals surface area contributed by atoms with E-state index in [1.807, 2.05) is 25.7 Å². The van der Waals surface area contributed by atoms with Crippen LogP contribution >= 0.6 is 11.8 Å². The van der Waals surface area contributed by atoms with Crippen molar-refractivity contribution in [3.8, 4) is 0 Å². The lowest BCUT2D eigenvalue weighted by atomic mass is 9.94. The highest BCUT2D eigenvalue weighted by atomic mass is 32.2. The molecule has 0 radical (unpaired) electrons. The highest BCUT2D eigenvalue weighted by Crippen LogP contribution is 2.29. The smallest absolute Gasteiger partial charge is 0.246 e. The molecule has 2 rings (SSSR count). The molecule has 0 saturated carbocycles. The minimum atomic E-state index is -0.418. The van der Waals surface area contributed by atoms with Crippen molar-refractivity contribution in [1.82, 2.24) is 9.80 Å². The Labute approximate surface area is 126 Å². The molecular weight excluding hydrogens is 272 g/mol.